The summed E-state index contributed by atoms with van der Waals surface area (Å²) in [6.07, 6.45) is 3.27. The van der Waals surface area contributed by atoms with Crippen molar-refractivity contribution in [1.82, 2.24) is 15.2 Å². The zero-order valence-electron chi connectivity index (χ0n) is 8.48. The zero-order valence-corrected chi connectivity index (χ0v) is 8.48. The average molecular weight is 201 g/mol. The van der Waals surface area contributed by atoms with Crippen LogP contribution in [0.15, 0.2) is 24.3 Å². The van der Waals surface area contributed by atoms with Crippen LogP contribution in [0.4, 0.5) is 0 Å². The predicted octanol–water partition coefficient (Wildman–Crippen LogP) is 0.378. The first-order chi connectivity index (χ1) is 7.43. The molecule has 0 unspecified atom stereocenters. The van der Waals surface area contributed by atoms with Gasteiger partial charge in [-0.05, 0) is 6.07 Å². The molecule has 1 fully saturated rings. The van der Waals surface area contributed by atoms with Crippen LogP contribution in [0.5, 0.6) is 0 Å². The quantitative estimate of drug-likeness (QED) is 0.724. The van der Waals surface area contributed by atoms with E-state index < -0.39 is 0 Å². The second-order valence-electron chi connectivity index (χ2n) is 3.72. The summed E-state index contributed by atoms with van der Waals surface area (Å²) in [4.78, 5) is 1.85. The van der Waals surface area contributed by atoms with Gasteiger partial charge in [-0.15, -0.1) is 0 Å². The minimum absolute atomic E-state index is 0.991. The Morgan fingerprint density at radius 3 is 2.80 bits per heavy atom. The van der Waals surface area contributed by atoms with Gasteiger partial charge in [-0.3, -0.25) is 5.01 Å². The predicted molar refractivity (Wildman–Crippen MR) is 59.4 cm³/mol. The molecule has 4 heteroatoms. The lowest BCUT2D eigenvalue weighted by Crippen LogP contribution is -2.49. The largest absolute Gasteiger partial charge is 0.313 e. The van der Waals surface area contributed by atoms with Gasteiger partial charge in [0.25, 0.3) is 0 Å². The maximum atomic E-state index is 4.50. The van der Waals surface area contributed by atoms with E-state index in [1.165, 1.54) is 0 Å². The number of fused-ring (bicyclic) bond motifs is 1. The molecule has 15 heavy (non-hydrogen) atoms. The van der Waals surface area contributed by atoms with Gasteiger partial charge < -0.3 is 5.32 Å². The van der Waals surface area contributed by atoms with Crippen LogP contribution in [-0.4, -0.2) is 36.1 Å². The van der Waals surface area contributed by atoms with E-state index in [2.05, 4.69) is 21.6 Å². The van der Waals surface area contributed by atoms with Crippen molar-refractivity contribution < 1.29 is 0 Å². The molecule has 1 radical (unpaired) electrons. The highest BCUT2D eigenvalue weighted by molar-refractivity contribution is 5.77. The molecule has 1 aliphatic heterocycles. The van der Waals surface area contributed by atoms with Crippen molar-refractivity contribution in [2.75, 3.05) is 31.2 Å². The van der Waals surface area contributed by atoms with Crippen molar-refractivity contribution in [1.29, 1.82) is 0 Å². The molecule has 0 saturated carbocycles. The van der Waals surface area contributed by atoms with Crippen LogP contribution >= 0.6 is 0 Å². The molecule has 2 aromatic rings. The molecule has 0 atom stereocenters. The van der Waals surface area contributed by atoms with E-state index >= 15 is 0 Å². The Balaban J connectivity index is 1.96. The summed E-state index contributed by atoms with van der Waals surface area (Å²) in [5, 5.41) is 11.1. The maximum Gasteiger partial charge on any atom is 0.121 e. The van der Waals surface area contributed by atoms with E-state index in [1.807, 2.05) is 29.1 Å². The van der Waals surface area contributed by atoms with Gasteiger partial charge in [0.05, 0.1) is 5.52 Å². The summed E-state index contributed by atoms with van der Waals surface area (Å²) in [5.74, 6) is 0. The number of piperazine rings is 1. The molecule has 3 rings (SSSR count). The number of hydrogen-bond acceptors (Lipinski definition) is 3. The molecular formula is C11H13N4. The fraction of sp³-hybridized carbons (Fsp3) is 0.364. The number of aromatic nitrogens is 2. The van der Waals surface area contributed by atoms with Crippen LogP contribution in [0.1, 0.15) is 0 Å². The Bertz CT molecular complexity index is 423. The first kappa shape index (κ1) is 8.73. The van der Waals surface area contributed by atoms with Crippen molar-refractivity contribution in [3.63, 3.8) is 0 Å². The van der Waals surface area contributed by atoms with Crippen molar-refractivity contribution in [3.05, 3.63) is 30.5 Å². The lowest BCUT2D eigenvalue weighted by molar-refractivity contribution is 0.461. The summed E-state index contributed by atoms with van der Waals surface area (Å²) in [7, 11) is 0. The number of rotatable bonds is 1. The van der Waals surface area contributed by atoms with E-state index in [9.17, 15) is 0 Å². The third-order valence-corrected chi connectivity index (χ3v) is 2.69. The van der Waals surface area contributed by atoms with Gasteiger partial charge in [0, 0.05) is 31.6 Å². The molecule has 1 saturated heterocycles. The third-order valence-electron chi connectivity index (χ3n) is 2.69. The summed E-state index contributed by atoms with van der Waals surface area (Å²) >= 11 is 0. The van der Waals surface area contributed by atoms with E-state index in [4.69, 9.17) is 0 Å². The third kappa shape index (κ3) is 1.57. The van der Waals surface area contributed by atoms with Crippen LogP contribution < -0.4 is 10.3 Å². The standard InChI is InChI=1S/C11H13N4/c1-2-4-11-10(3-1)9-15(13-11)14-7-5-12-6-8-14/h1-4,12H,5-8H2. The highest BCUT2D eigenvalue weighted by Crippen LogP contribution is 2.10. The fourth-order valence-corrected chi connectivity index (χ4v) is 1.87. The Labute approximate surface area is 88.5 Å². The molecule has 77 valence electrons. The second-order valence-corrected chi connectivity index (χ2v) is 3.72. The molecule has 4 nitrogen and oxygen atoms in total. The minimum atomic E-state index is 0.991. The first-order valence-corrected chi connectivity index (χ1v) is 5.26. The zero-order chi connectivity index (χ0) is 10.1. The normalized spacial score (nSPS) is 17.2. The number of nitrogens with zero attached hydrogens (tertiary/aromatic N) is 3. The summed E-state index contributed by atoms with van der Waals surface area (Å²) in [5.41, 5.74) is 1.01. The van der Waals surface area contributed by atoms with Crippen LogP contribution in [0.25, 0.3) is 10.9 Å². The topological polar surface area (TPSA) is 33.1 Å². The van der Waals surface area contributed by atoms with E-state index in [0.717, 1.165) is 37.1 Å². The van der Waals surface area contributed by atoms with Gasteiger partial charge in [0.2, 0.25) is 0 Å². The molecule has 0 spiro atoms. The minimum Gasteiger partial charge on any atom is -0.313 e. The van der Waals surface area contributed by atoms with Gasteiger partial charge in [0.1, 0.15) is 6.20 Å². The summed E-state index contributed by atoms with van der Waals surface area (Å²) < 4.78 is 0. The molecule has 0 amide bonds. The van der Waals surface area contributed by atoms with Crippen LogP contribution in [0.2, 0.25) is 0 Å². The van der Waals surface area contributed by atoms with E-state index in [0.29, 0.717) is 0 Å². The van der Waals surface area contributed by atoms with Crippen LogP contribution in [-0.2, 0) is 0 Å². The van der Waals surface area contributed by atoms with Crippen molar-refractivity contribution >= 4 is 10.9 Å². The lowest BCUT2D eigenvalue weighted by atomic mass is 10.3. The van der Waals surface area contributed by atoms with E-state index in [-0.39, 0.29) is 0 Å². The van der Waals surface area contributed by atoms with E-state index in [1.54, 1.807) is 0 Å². The molecular weight excluding hydrogens is 188 g/mol. The molecule has 1 aromatic carbocycles. The maximum absolute atomic E-state index is 4.50. The SMILES string of the molecule is [c]1c2ccccc2nn1N1CCNCC1. The highest BCUT2D eigenvalue weighted by atomic mass is 15.7. The van der Waals surface area contributed by atoms with Crippen molar-refractivity contribution in [2.45, 2.75) is 0 Å². The van der Waals surface area contributed by atoms with Gasteiger partial charge >= 0.3 is 0 Å². The molecule has 2 heterocycles. The number of hydrogen-bond donors (Lipinski definition) is 1. The molecule has 1 aromatic heterocycles. The molecule has 1 N–H and O–H groups in total. The Morgan fingerprint density at radius 2 is 2.00 bits per heavy atom. The summed E-state index contributed by atoms with van der Waals surface area (Å²) in [6.45, 7) is 4.02. The second kappa shape index (κ2) is 3.55. The van der Waals surface area contributed by atoms with Crippen LogP contribution in [0, 0.1) is 6.20 Å². The van der Waals surface area contributed by atoms with Gasteiger partial charge in [-0.25, -0.2) is 0 Å². The molecule has 0 bridgehead atoms. The lowest BCUT2D eigenvalue weighted by Gasteiger charge is -2.28. The Kier molecular flexibility index (Phi) is 2.07. The monoisotopic (exact) mass is 201 g/mol. The fourth-order valence-electron chi connectivity index (χ4n) is 1.87. The highest BCUT2D eigenvalue weighted by Gasteiger charge is 2.11. The number of nitrogens with one attached hydrogen (secondary N) is 1. The van der Waals surface area contributed by atoms with Gasteiger partial charge in [-0.1, -0.05) is 18.2 Å². The van der Waals surface area contributed by atoms with Gasteiger partial charge in [-0.2, -0.15) is 9.89 Å². The average Bonchev–Trinajstić information content (AvgIpc) is 2.74. The number of benzene rings is 1. The van der Waals surface area contributed by atoms with Crippen molar-refractivity contribution in [2.24, 2.45) is 0 Å². The van der Waals surface area contributed by atoms with Gasteiger partial charge in [0.15, 0.2) is 0 Å². The Hall–Kier alpha value is -1.55. The first-order valence-electron chi connectivity index (χ1n) is 5.26. The van der Waals surface area contributed by atoms with Crippen molar-refractivity contribution in [3.8, 4) is 0 Å². The molecule has 1 aliphatic rings. The smallest absolute Gasteiger partial charge is 0.121 e. The molecule has 0 aliphatic carbocycles. The summed E-state index contributed by atoms with van der Waals surface area (Å²) in [6, 6.07) is 8.08. The van der Waals surface area contributed by atoms with Crippen LogP contribution in [0.3, 0.4) is 0 Å². The Morgan fingerprint density at radius 1 is 1.20 bits per heavy atom.